The second kappa shape index (κ2) is 8.00. The highest BCUT2D eigenvalue weighted by atomic mass is 32.1. The zero-order chi connectivity index (χ0) is 19.8. The molecule has 0 spiro atoms. The van der Waals surface area contributed by atoms with Gasteiger partial charge in [-0.3, -0.25) is 9.69 Å². The number of carbonyl (C=O) groups excluding carboxylic acids is 1. The Morgan fingerprint density at radius 3 is 2.59 bits per heavy atom. The number of benzene rings is 1. The van der Waals surface area contributed by atoms with Crippen LogP contribution in [0.4, 0.5) is 5.69 Å². The number of anilines is 1. The van der Waals surface area contributed by atoms with Crippen molar-refractivity contribution in [1.82, 2.24) is 9.80 Å². The Labute approximate surface area is 176 Å². The summed E-state index contributed by atoms with van der Waals surface area (Å²) in [5, 5.41) is 0. The van der Waals surface area contributed by atoms with Crippen molar-refractivity contribution >= 4 is 22.9 Å². The van der Waals surface area contributed by atoms with E-state index in [1.807, 2.05) is 17.0 Å². The fraction of sp³-hybridized carbons (Fsp3) is 0.522. The van der Waals surface area contributed by atoms with E-state index in [4.69, 9.17) is 4.74 Å². The van der Waals surface area contributed by atoms with Gasteiger partial charge in [-0.2, -0.15) is 0 Å². The van der Waals surface area contributed by atoms with Crippen molar-refractivity contribution in [2.24, 2.45) is 0 Å². The SMILES string of the molecule is COc1cccc(N2CCN(C(=O)c3cc4c(s3)CN(C3CCCC3)C4)CC2)c1. The topological polar surface area (TPSA) is 36.0 Å². The lowest BCUT2D eigenvalue weighted by Crippen LogP contribution is -2.48. The van der Waals surface area contributed by atoms with E-state index in [9.17, 15) is 4.79 Å². The second-order valence-electron chi connectivity index (χ2n) is 8.38. The molecule has 1 saturated carbocycles. The molecule has 3 heterocycles. The van der Waals surface area contributed by atoms with Gasteiger partial charge in [-0.1, -0.05) is 18.9 Å². The van der Waals surface area contributed by atoms with Gasteiger partial charge in [-0.15, -0.1) is 11.3 Å². The molecular weight excluding hydrogens is 382 g/mol. The number of amides is 1. The number of hydrogen-bond donors (Lipinski definition) is 0. The van der Waals surface area contributed by atoms with E-state index >= 15 is 0 Å². The zero-order valence-electron chi connectivity index (χ0n) is 17.1. The lowest BCUT2D eigenvalue weighted by molar-refractivity contribution is 0.0751. The van der Waals surface area contributed by atoms with E-state index in [0.29, 0.717) is 0 Å². The predicted molar refractivity (Wildman–Crippen MR) is 117 cm³/mol. The molecule has 1 aliphatic carbocycles. The summed E-state index contributed by atoms with van der Waals surface area (Å²) in [5.41, 5.74) is 2.55. The Bertz CT molecular complexity index is 858. The molecule has 0 atom stereocenters. The van der Waals surface area contributed by atoms with Crippen LogP contribution in [0, 0.1) is 0 Å². The van der Waals surface area contributed by atoms with Gasteiger partial charge in [-0.05, 0) is 36.6 Å². The van der Waals surface area contributed by atoms with E-state index in [2.05, 4.69) is 28.0 Å². The van der Waals surface area contributed by atoms with E-state index in [-0.39, 0.29) is 5.91 Å². The first-order valence-electron chi connectivity index (χ1n) is 10.7. The van der Waals surface area contributed by atoms with Crippen LogP contribution in [0.1, 0.15) is 45.8 Å². The molecule has 0 radical (unpaired) electrons. The quantitative estimate of drug-likeness (QED) is 0.763. The number of fused-ring (bicyclic) bond motifs is 1. The minimum Gasteiger partial charge on any atom is -0.497 e. The van der Waals surface area contributed by atoms with Gasteiger partial charge in [-0.25, -0.2) is 0 Å². The third-order valence-electron chi connectivity index (χ3n) is 6.65. The monoisotopic (exact) mass is 411 g/mol. The first-order valence-corrected chi connectivity index (χ1v) is 11.6. The van der Waals surface area contributed by atoms with Crippen molar-refractivity contribution in [3.63, 3.8) is 0 Å². The molecule has 6 heteroatoms. The lowest BCUT2D eigenvalue weighted by atomic mass is 10.2. The van der Waals surface area contributed by atoms with Crippen LogP contribution >= 0.6 is 11.3 Å². The summed E-state index contributed by atoms with van der Waals surface area (Å²) in [6.45, 7) is 5.34. The predicted octanol–water partition coefficient (Wildman–Crippen LogP) is 3.98. The number of piperazine rings is 1. The molecule has 3 aliphatic rings. The van der Waals surface area contributed by atoms with Crippen molar-refractivity contribution in [2.75, 3.05) is 38.2 Å². The maximum atomic E-state index is 13.1. The minimum atomic E-state index is 0.210. The summed E-state index contributed by atoms with van der Waals surface area (Å²) in [5.74, 6) is 1.09. The molecule has 154 valence electrons. The van der Waals surface area contributed by atoms with E-state index in [1.54, 1.807) is 18.4 Å². The normalized spacial score (nSPS) is 20.3. The summed E-state index contributed by atoms with van der Waals surface area (Å²) >= 11 is 1.73. The van der Waals surface area contributed by atoms with E-state index in [1.165, 1.54) is 41.8 Å². The van der Waals surface area contributed by atoms with Gasteiger partial charge in [0.1, 0.15) is 5.75 Å². The molecular formula is C23H29N3O2S. The zero-order valence-corrected chi connectivity index (χ0v) is 17.9. The summed E-state index contributed by atoms with van der Waals surface area (Å²) < 4.78 is 5.34. The molecule has 1 aromatic heterocycles. The molecule has 2 aliphatic heterocycles. The van der Waals surface area contributed by atoms with Crippen LogP contribution in [0.3, 0.4) is 0 Å². The highest BCUT2D eigenvalue weighted by molar-refractivity contribution is 7.14. The molecule has 1 aromatic carbocycles. The number of nitrogens with zero attached hydrogens (tertiary/aromatic N) is 3. The first kappa shape index (κ1) is 18.9. The number of rotatable bonds is 4. The Morgan fingerprint density at radius 1 is 1.07 bits per heavy atom. The van der Waals surface area contributed by atoms with Crippen LogP contribution in [0.5, 0.6) is 5.75 Å². The molecule has 5 rings (SSSR count). The fourth-order valence-electron chi connectivity index (χ4n) is 4.96. The Kier molecular flexibility index (Phi) is 5.22. The van der Waals surface area contributed by atoms with Crippen LogP contribution < -0.4 is 9.64 Å². The van der Waals surface area contributed by atoms with Crippen LogP contribution in [-0.2, 0) is 13.1 Å². The molecule has 0 N–H and O–H groups in total. The molecule has 0 bridgehead atoms. The smallest absolute Gasteiger partial charge is 0.264 e. The van der Waals surface area contributed by atoms with Crippen LogP contribution in [0.2, 0.25) is 0 Å². The molecule has 29 heavy (non-hydrogen) atoms. The number of hydrogen-bond acceptors (Lipinski definition) is 5. The van der Waals surface area contributed by atoms with E-state index in [0.717, 1.165) is 55.9 Å². The number of methoxy groups -OCH3 is 1. The largest absolute Gasteiger partial charge is 0.497 e. The third-order valence-corrected chi connectivity index (χ3v) is 7.80. The van der Waals surface area contributed by atoms with Gasteiger partial charge < -0.3 is 14.5 Å². The first-order chi connectivity index (χ1) is 14.2. The summed E-state index contributed by atoms with van der Waals surface area (Å²) in [7, 11) is 1.70. The highest BCUT2D eigenvalue weighted by Crippen LogP contribution is 2.36. The van der Waals surface area contributed by atoms with Gasteiger partial charge >= 0.3 is 0 Å². The number of ether oxygens (including phenoxy) is 1. The fourth-order valence-corrected chi connectivity index (χ4v) is 6.13. The Balaban J connectivity index is 1.19. The van der Waals surface area contributed by atoms with Gasteiger partial charge in [0.2, 0.25) is 0 Å². The molecule has 5 nitrogen and oxygen atoms in total. The van der Waals surface area contributed by atoms with Crippen LogP contribution in [0.25, 0.3) is 0 Å². The van der Waals surface area contributed by atoms with Crippen molar-refractivity contribution in [3.05, 3.63) is 45.6 Å². The maximum absolute atomic E-state index is 13.1. The van der Waals surface area contributed by atoms with Crippen LogP contribution in [0.15, 0.2) is 30.3 Å². The molecule has 0 unspecified atom stereocenters. The summed E-state index contributed by atoms with van der Waals surface area (Å²) in [6.07, 6.45) is 5.44. The molecule has 1 saturated heterocycles. The van der Waals surface area contributed by atoms with Gasteiger partial charge in [0.15, 0.2) is 0 Å². The van der Waals surface area contributed by atoms with Gasteiger partial charge in [0.05, 0.1) is 12.0 Å². The summed E-state index contributed by atoms with van der Waals surface area (Å²) in [4.78, 5) is 22.4. The average Bonchev–Trinajstić information content (AvgIpc) is 3.49. The van der Waals surface area contributed by atoms with Crippen molar-refractivity contribution in [2.45, 2.75) is 44.8 Å². The Morgan fingerprint density at radius 2 is 1.86 bits per heavy atom. The lowest BCUT2D eigenvalue weighted by Gasteiger charge is -2.36. The molecule has 2 fully saturated rings. The molecule has 2 aromatic rings. The van der Waals surface area contributed by atoms with Crippen molar-refractivity contribution in [3.8, 4) is 5.75 Å². The van der Waals surface area contributed by atoms with Crippen LogP contribution in [-0.4, -0.2) is 55.0 Å². The standard InChI is InChI=1S/C23H29N3O2S/c1-28-20-8-4-7-19(14-20)24-9-11-25(12-10-24)23(27)21-13-17-15-26(16-22(17)29-21)18-5-2-3-6-18/h4,7-8,13-14,18H,2-3,5-6,9-12,15-16H2,1H3. The summed E-state index contributed by atoms with van der Waals surface area (Å²) in [6, 6.07) is 11.1. The third kappa shape index (κ3) is 3.76. The highest BCUT2D eigenvalue weighted by Gasteiger charge is 2.31. The van der Waals surface area contributed by atoms with E-state index < -0.39 is 0 Å². The number of thiophene rings is 1. The van der Waals surface area contributed by atoms with Gasteiger partial charge in [0.25, 0.3) is 5.91 Å². The van der Waals surface area contributed by atoms with Crippen molar-refractivity contribution in [1.29, 1.82) is 0 Å². The number of carbonyl (C=O) groups is 1. The average molecular weight is 412 g/mol. The minimum absolute atomic E-state index is 0.210. The maximum Gasteiger partial charge on any atom is 0.264 e. The molecule has 1 amide bonds. The second-order valence-corrected chi connectivity index (χ2v) is 9.52. The van der Waals surface area contributed by atoms with Crippen molar-refractivity contribution < 1.29 is 9.53 Å². The van der Waals surface area contributed by atoms with Gasteiger partial charge in [0, 0.05) is 61.9 Å². The Hall–Kier alpha value is -2.05.